The van der Waals surface area contributed by atoms with E-state index in [1.165, 1.54) is 6.20 Å². The van der Waals surface area contributed by atoms with Gasteiger partial charge in [-0.15, -0.1) is 5.10 Å². The summed E-state index contributed by atoms with van der Waals surface area (Å²) in [6, 6.07) is 0.342. The van der Waals surface area contributed by atoms with Gasteiger partial charge in [0.2, 0.25) is 0 Å². The second-order valence-corrected chi connectivity index (χ2v) is 3.97. The van der Waals surface area contributed by atoms with Crippen LogP contribution in [0.3, 0.4) is 0 Å². The molecule has 1 aromatic heterocycles. The van der Waals surface area contributed by atoms with Crippen molar-refractivity contribution in [3.05, 3.63) is 11.1 Å². The lowest BCUT2D eigenvalue weighted by molar-refractivity contribution is 0.0635. The summed E-state index contributed by atoms with van der Waals surface area (Å²) in [6.07, 6.45) is 1.53. The van der Waals surface area contributed by atoms with E-state index in [1.54, 1.807) is 0 Å². The Kier molecular flexibility index (Phi) is 2.74. The summed E-state index contributed by atoms with van der Waals surface area (Å²) in [5.41, 5.74) is 0. The van der Waals surface area contributed by atoms with E-state index in [4.69, 9.17) is 0 Å². The smallest absolute Gasteiger partial charge is 0.267 e. The highest BCUT2D eigenvalue weighted by Crippen LogP contribution is 2.12. The van der Waals surface area contributed by atoms with E-state index in [2.05, 4.69) is 14.9 Å². The van der Waals surface area contributed by atoms with Crippen molar-refractivity contribution >= 4 is 17.4 Å². The lowest BCUT2D eigenvalue weighted by Gasteiger charge is -2.37. The standard InChI is InChI=1S/C8H12N4OS/c1-2-12(6-3-9-4-6)8(13)7-5-10-11-14-7/h5-6,9H,2-4H2,1H3. The normalized spacial score (nSPS) is 16.4. The first-order valence-electron chi connectivity index (χ1n) is 4.62. The monoisotopic (exact) mass is 212 g/mol. The molecule has 0 aromatic carbocycles. The number of carbonyl (C=O) groups is 1. The molecule has 76 valence electrons. The predicted octanol–water partition coefficient (Wildman–Crippen LogP) is -0.0280. The lowest BCUT2D eigenvalue weighted by atomic mass is 10.1. The van der Waals surface area contributed by atoms with E-state index >= 15 is 0 Å². The molecule has 1 fully saturated rings. The van der Waals surface area contributed by atoms with E-state index in [-0.39, 0.29) is 5.91 Å². The minimum atomic E-state index is 0.0500. The average Bonchev–Trinajstić information content (AvgIpc) is 2.62. The summed E-state index contributed by atoms with van der Waals surface area (Å²) in [5, 5.41) is 6.82. The molecule has 5 nitrogen and oxygen atoms in total. The zero-order valence-corrected chi connectivity index (χ0v) is 8.75. The molecule has 1 N–H and O–H groups in total. The topological polar surface area (TPSA) is 58.1 Å². The summed E-state index contributed by atoms with van der Waals surface area (Å²) < 4.78 is 3.69. The number of aromatic nitrogens is 2. The Morgan fingerprint density at radius 2 is 2.57 bits per heavy atom. The Hall–Kier alpha value is -1.01. The van der Waals surface area contributed by atoms with Crippen molar-refractivity contribution in [1.82, 2.24) is 19.8 Å². The van der Waals surface area contributed by atoms with Crippen LogP contribution >= 0.6 is 11.5 Å². The number of hydrogen-bond acceptors (Lipinski definition) is 5. The number of hydrogen-bond donors (Lipinski definition) is 1. The molecular weight excluding hydrogens is 200 g/mol. The summed E-state index contributed by atoms with van der Waals surface area (Å²) >= 11 is 1.15. The van der Waals surface area contributed by atoms with Crippen molar-refractivity contribution in [1.29, 1.82) is 0 Å². The summed E-state index contributed by atoms with van der Waals surface area (Å²) in [4.78, 5) is 14.4. The minimum absolute atomic E-state index is 0.0500. The van der Waals surface area contributed by atoms with Gasteiger partial charge in [0, 0.05) is 19.6 Å². The number of nitrogens with zero attached hydrogens (tertiary/aromatic N) is 3. The molecule has 0 radical (unpaired) electrons. The zero-order chi connectivity index (χ0) is 9.97. The SMILES string of the molecule is CCN(C(=O)c1cnns1)C1CNC1. The molecule has 1 saturated heterocycles. The van der Waals surface area contributed by atoms with Gasteiger partial charge in [0.1, 0.15) is 4.88 Å². The highest BCUT2D eigenvalue weighted by Gasteiger charge is 2.28. The number of carbonyl (C=O) groups excluding carboxylic acids is 1. The Labute approximate surface area is 86.3 Å². The van der Waals surface area contributed by atoms with Gasteiger partial charge in [0.15, 0.2) is 0 Å². The van der Waals surface area contributed by atoms with Crippen LogP contribution in [0.5, 0.6) is 0 Å². The average molecular weight is 212 g/mol. The third kappa shape index (κ3) is 1.62. The third-order valence-electron chi connectivity index (χ3n) is 2.37. The summed E-state index contributed by atoms with van der Waals surface area (Å²) in [7, 11) is 0. The van der Waals surface area contributed by atoms with E-state index in [0.29, 0.717) is 10.9 Å². The molecule has 0 bridgehead atoms. The summed E-state index contributed by atoms with van der Waals surface area (Å²) in [6.45, 7) is 4.52. The molecule has 14 heavy (non-hydrogen) atoms. The van der Waals surface area contributed by atoms with Gasteiger partial charge < -0.3 is 10.2 Å². The van der Waals surface area contributed by atoms with Crippen LogP contribution in [0.1, 0.15) is 16.6 Å². The zero-order valence-electron chi connectivity index (χ0n) is 7.93. The summed E-state index contributed by atoms with van der Waals surface area (Å²) in [5.74, 6) is 0.0500. The van der Waals surface area contributed by atoms with Crippen molar-refractivity contribution in [3.8, 4) is 0 Å². The van der Waals surface area contributed by atoms with Crippen LogP contribution in [0.4, 0.5) is 0 Å². The molecule has 0 unspecified atom stereocenters. The molecule has 1 aliphatic heterocycles. The van der Waals surface area contributed by atoms with E-state index in [9.17, 15) is 4.79 Å². The fourth-order valence-electron chi connectivity index (χ4n) is 1.46. The third-order valence-corrected chi connectivity index (χ3v) is 3.03. The largest absolute Gasteiger partial charge is 0.333 e. The Morgan fingerprint density at radius 1 is 1.79 bits per heavy atom. The molecule has 6 heteroatoms. The maximum absolute atomic E-state index is 11.9. The van der Waals surface area contributed by atoms with Gasteiger partial charge in [-0.1, -0.05) is 4.49 Å². The quantitative estimate of drug-likeness (QED) is 0.764. The first kappa shape index (κ1) is 9.54. The van der Waals surface area contributed by atoms with E-state index in [0.717, 1.165) is 31.2 Å². The maximum atomic E-state index is 11.9. The van der Waals surface area contributed by atoms with Crippen LogP contribution in [0.2, 0.25) is 0 Å². The number of amides is 1. The predicted molar refractivity (Wildman–Crippen MR) is 53.3 cm³/mol. The first-order valence-corrected chi connectivity index (χ1v) is 5.39. The minimum Gasteiger partial charge on any atom is -0.333 e. The van der Waals surface area contributed by atoms with Crippen LogP contribution in [-0.2, 0) is 0 Å². The molecule has 2 rings (SSSR count). The number of rotatable bonds is 3. The van der Waals surface area contributed by atoms with Crippen molar-refractivity contribution in [3.63, 3.8) is 0 Å². The van der Waals surface area contributed by atoms with Crippen LogP contribution in [0, 0.1) is 0 Å². The van der Waals surface area contributed by atoms with Crippen molar-refractivity contribution in [2.24, 2.45) is 0 Å². The molecular formula is C8H12N4OS. The van der Waals surface area contributed by atoms with Gasteiger partial charge in [0.25, 0.3) is 5.91 Å². The van der Waals surface area contributed by atoms with Gasteiger partial charge >= 0.3 is 0 Å². The first-order chi connectivity index (χ1) is 6.83. The van der Waals surface area contributed by atoms with Gasteiger partial charge in [0.05, 0.1) is 12.2 Å². The second-order valence-electron chi connectivity index (χ2n) is 3.18. The molecule has 1 aliphatic rings. The fourth-order valence-corrected chi connectivity index (χ4v) is 1.94. The highest BCUT2D eigenvalue weighted by atomic mass is 32.1. The Morgan fingerprint density at radius 3 is 3.00 bits per heavy atom. The van der Waals surface area contributed by atoms with Gasteiger partial charge in [-0.05, 0) is 18.5 Å². The van der Waals surface area contributed by atoms with Crippen LogP contribution in [0.25, 0.3) is 0 Å². The molecule has 0 spiro atoms. The van der Waals surface area contributed by atoms with Crippen molar-refractivity contribution in [2.75, 3.05) is 19.6 Å². The molecule has 0 atom stereocenters. The Balaban J connectivity index is 2.08. The molecule has 0 aliphatic carbocycles. The van der Waals surface area contributed by atoms with E-state index in [1.807, 2.05) is 11.8 Å². The molecule has 0 saturated carbocycles. The second kappa shape index (κ2) is 4.02. The molecule has 1 amide bonds. The van der Waals surface area contributed by atoms with Gasteiger partial charge in [-0.2, -0.15) is 0 Å². The fraction of sp³-hybridized carbons (Fsp3) is 0.625. The maximum Gasteiger partial charge on any atom is 0.267 e. The van der Waals surface area contributed by atoms with Crippen LogP contribution in [-0.4, -0.2) is 46.1 Å². The number of nitrogens with one attached hydrogen (secondary N) is 1. The lowest BCUT2D eigenvalue weighted by Crippen LogP contribution is -2.58. The van der Waals surface area contributed by atoms with Gasteiger partial charge in [-0.3, -0.25) is 4.79 Å². The molecule has 1 aromatic rings. The Bertz CT molecular complexity index is 309. The van der Waals surface area contributed by atoms with Gasteiger partial charge in [-0.25, -0.2) is 0 Å². The highest BCUT2D eigenvalue weighted by molar-refractivity contribution is 7.07. The van der Waals surface area contributed by atoms with Crippen LogP contribution in [0.15, 0.2) is 6.20 Å². The number of likely N-dealkylation sites (N-methyl/N-ethyl adjacent to an activating group) is 1. The van der Waals surface area contributed by atoms with E-state index < -0.39 is 0 Å². The van der Waals surface area contributed by atoms with Crippen molar-refractivity contribution in [2.45, 2.75) is 13.0 Å². The molecule has 2 heterocycles. The van der Waals surface area contributed by atoms with Crippen molar-refractivity contribution < 1.29 is 4.79 Å². The van der Waals surface area contributed by atoms with Crippen LogP contribution < -0.4 is 5.32 Å².